The lowest BCUT2D eigenvalue weighted by molar-refractivity contribution is -0.105. The largest absolute Gasteiger partial charge is 0.298 e. The van der Waals surface area contributed by atoms with Gasteiger partial charge in [0.1, 0.15) is 6.29 Å². The van der Waals surface area contributed by atoms with Crippen molar-refractivity contribution in [3.05, 3.63) is 45.6 Å². The molecule has 1 aromatic heterocycles. The van der Waals surface area contributed by atoms with Crippen molar-refractivity contribution in [2.75, 3.05) is 0 Å². The Labute approximate surface area is 139 Å². The number of hydrogen-bond acceptors (Lipinski definition) is 2. The van der Waals surface area contributed by atoms with Crippen molar-refractivity contribution < 1.29 is 4.79 Å². The van der Waals surface area contributed by atoms with Gasteiger partial charge in [-0.15, -0.1) is 0 Å². The van der Waals surface area contributed by atoms with Gasteiger partial charge in [-0.2, -0.15) is 5.10 Å². The van der Waals surface area contributed by atoms with E-state index in [1.165, 1.54) is 5.56 Å². The Morgan fingerprint density at radius 3 is 2.73 bits per heavy atom. The van der Waals surface area contributed by atoms with Gasteiger partial charge >= 0.3 is 0 Å². The number of carbonyl (C=O) groups is 1. The van der Waals surface area contributed by atoms with Crippen LogP contribution < -0.4 is 0 Å². The second-order valence-corrected chi connectivity index (χ2v) is 6.20. The van der Waals surface area contributed by atoms with Crippen molar-refractivity contribution in [2.45, 2.75) is 26.2 Å². The number of allylic oxidation sites excluding steroid dienone is 1. The van der Waals surface area contributed by atoms with Crippen LogP contribution in [0.25, 0.3) is 16.3 Å². The lowest BCUT2D eigenvalue weighted by Gasteiger charge is -2.14. The molecule has 1 heterocycles. The second kappa shape index (κ2) is 5.90. The lowest BCUT2D eigenvalue weighted by Crippen LogP contribution is -2.03. The number of aldehydes is 1. The third-order valence-corrected chi connectivity index (χ3v) is 4.84. The molecule has 0 bridgehead atoms. The summed E-state index contributed by atoms with van der Waals surface area (Å²) < 4.78 is 1.80. The molecule has 5 heteroatoms. The summed E-state index contributed by atoms with van der Waals surface area (Å²) in [4.78, 5) is 11.2. The van der Waals surface area contributed by atoms with E-state index in [1.807, 2.05) is 19.2 Å². The molecule has 0 radical (unpaired) electrons. The van der Waals surface area contributed by atoms with Crippen LogP contribution in [-0.2, 0) is 24.7 Å². The molecule has 0 spiro atoms. The van der Waals surface area contributed by atoms with Gasteiger partial charge in [0.25, 0.3) is 0 Å². The van der Waals surface area contributed by atoms with Crippen LogP contribution in [0.2, 0.25) is 5.02 Å². The maximum Gasteiger partial charge on any atom is 0.147 e. The second-order valence-electron chi connectivity index (χ2n) is 5.42. The predicted molar refractivity (Wildman–Crippen MR) is 90.2 cm³/mol. The fourth-order valence-corrected chi connectivity index (χ4v) is 3.53. The first-order valence-electron chi connectivity index (χ1n) is 7.25. The van der Waals surface area contributed by atoms with E-state index in [2.05, 4.69) is 18.1 Å². The zero-order valence-corrected chi connectivity index (χ0v) is 14.0. The monoisotopic (exact) mass is 334 g/mol. The summed E-state index contributed by atoms with van der Waals surface area (Å²) in [7, 11) is 1.88. The number of rotatable bonds is 3. The van der Waals surface area contributed by atoms with E-state index in [9.17, 15) is 4.79 Å². The summed E-state index contributed by atoms with van der Waals surface area (Å²) in [6.07, 6.45) is 3.12. The molecule has 0 atom stereocenters. The number of nitrogens with zero attached hydrogens (tertiary/aromatic N) is 2. The summed E-state index contributed by atoms with van der Waals surface area (Å²) >= 11 is 12.9. The van der Waals surface area contributed by atoms with Gasteiger partial charge in [0.2, 0.25) is 0 Å². The molecule has 3 nitrogen and oxygen atoms in total. The summed E-state index contributed by atoms with van der Waals surface area (Å²) in [6, 6.07) is 6.02. The number of hydrogen-bond donors (Lipinski definition) is 0. The van der Waals surface area contributed by atoms with E-state index in [-0.39, 0.29) is 0 Å². The number of benzene rings is 1. The van der Waals surface area contributed by atoms with Crippen molar-refractivity contribution in [1.29, 1.82) is 0 Å². The first kappa shape index (κ1) is 15.3. The minimum Gasteiger partial charge on any atom is -0.298 e. The molecular formula is C17H16Cl2N2O. The van der Waals surface area contributed by atoms with Crippen LogP contribution in [0, 0.1) is 0 Å². The van der Waals surface area contributed by atoms with Gasteiger partial charge in [0.05, 0.1) is 21.4 Å². The maximum atomic E-state index is 11.2. The Bertz CT molecular complexity index is 790. The van der Waals surface area contributed by atoms with Gasteiger partial charge in [-0.1, -0.05) is 42.3 Å². The highest BCUT2D eigenvalue weighted by atomic mass is 35.5. The number of aromatic nitrogens is 2. The summed E-state index contributed by atoms with van der Waals surface area (Å²) in [6.45, 7) is 2.09. The molecule has 114 valence electrons. The minimum absolute atomic E-state index is 0.495. The highest BCUT2D eigenvalue weighted by Gasteiger charge is 2.26. The van der Waals surface area contributed by atoms with E-state index in [1.54, 1.807) is 4.68 Å². The maximum absolute atomic E-state index is 11.2. The normalized spacial score (nSPS) is 14.2. The average Bonchev–Trinajstić information content (AvgIpc) is 2.84. The smallest absolute Gasteiger partial charge is 0.147 e. The van der Waals surface area contributed by atoms with Crippen LogP contribution >= 0.6 is 23.2 Å². The quantitative estimate of drug-likeness (QED) is 0.780. The molecule has 0 N–H and O–H groups in total. The highest BCUT2D eigenvalue weighted by Crippen LogP contribution is 2.41. The SMILES string of the molecule is CCc1ccc(-c2c3c(nn2C)CCC(C=O)=C3Cl)c(Cl)c1. The van der Waals surface area contributed by atoms with Crippen LogP contribution in [0.1, 0.15) is 30.2 Å². The Hall–Kier alpha value is -1.58. The van der Waals surface area contributed by atoms with E-state index in [0.717, 1.165) is 41.6 Å². The molecule has 0 saturated heterocycles. The molecule has 1 aliphatic carbocycles. The molecule has 3 rings (SSSR count). The fraction of sp³-hybridized carbons (Fsp3) is 0.294. The highest BCUT2D eigenvalue weighted by molar-refractivity contribution is 6.51. The molecule has 1 aliphatic rings. The van der Waals surface area contributed by atoms with Gasteiger partial charge in [-0.25, -0.2) is 0 Å². The zero-order valence-electron chi connectivity index (χ0n) is 12.5. The molecule has 0 amide bonds. The Morgan fingerprint density at radius 1 is 1.32 bits per heavy atom. The Balaban J connectivity index is 2.24. The van der Waals surface area contributed by atoms with Crippen molar-refractivity contribution in [1.82, 2.24) is 9.78 Å². The van der Waals surface area contributed by atoms with E-state index >= 15 is 0 Å². The summed E-state index contributed by atoms with van der Waals surface area (Å²) in [5, 5.41) is 5.72. The number of carbonyl (C=O) groups excluding carboxylic acids is 1. The lowest BCUT2D eigenvalue weighted by atomic mass is 9.94. The van der Waals surface area contributed by atoms with Gasteiger partial charge in [-0.05, 0) is 30.9 Å². The van der Waals surface area contributed by atoms with Crippen molar-refractivity contribution in [3.8, 4) is 11.3 Å². The molecule has 1 aromatic carbocycles. The van der Waals surface area contributed by atoms with Gasteiger partial charge in [0, 0.05) is 23.7 Å². The van der Waals surface area contributed by atoms with Crippen LogP contribution in [0.5, 0.6) is 0 Å². The predicted octanol–water partition coefficient (Wildman–Crippen LogP) is 4.40. The van der Waals surface area contributed by atoms with Gasteiger partial charge in [-0.3, -0.25) is 9.48 Å². The van der Waals surface area contributed by atoms with Crippen molar-refractivity contribution in [3.63, 3.8) is 0 Å². The van der Waals surface area contributed by atoms with Crippen molar-refractivity contribution in [2.24, 2.45) is 7.05 Å². The van der Waals surface area contributed by atoms with E-state index in [4.69, 9.17) is 23.2 Å². The standard InChI is InChI=1S/C17H16Cl2N2O/c1-3-10-4-6-12(13(18)8-10)17-15-14(20-21(17)2)7-5-11(9-22)16(15)19/h4,6,8-9H,3,5,7H2,1-2H3. The molecule has 0 aliphatic heterocycles. The van der Waals surface area contributed by atoms with Crippen LogP contribution in [-0.4, -0.2) is 16.1 Å². The molecule has 22 heavy (non-hydrogen) atoms. The zero-order chi connectivity index (χ0) is 15.9. The van der Waals surface area contributed by atoms with E-state index < -0.39 is 0 Å². The first-order valence-corrected chi connectivity index (χ1v) is 8.01. The summed E-state index contributed by atoms with van der Waals surface area (Å²) in [5.41, 5.74) is 5.32. The molecule has 2 aromatic rings. The summed E-state index contributed by atoms with van der Waals surface area (Å²) in [5.74, 6) is 0. The number of fused-ring (bicyclic) bond motifs is 1. The molecule has 0 saturated carbocycles. The Morgan fingerprint density at radius 2 is 2.09 bits per heavy atom. The molecule has 0 fully saturated rings. The fourth-order valence-electron chi connectivity index (χ4n) is 2.90. The van der Waals surface area contributed by atoms with E-state index in [0.29, 0.717) is 22.0 Å². The third kappa shape index (κ3) is 2.38. The van der Waals surface area contributed by atoms with Crippen LogP contribution in [0.4, 0.5) is 0 Å². The topological polar surface area (TPSA) is 34.9 Å². The molecule has 0 unspecified atom stereocenters. The van der Waals surface area contributed by atoms with Crippen LogP contribution in [0.3, 0.4) is 0 Å². The minimum atomic E-state index is 0.495. The van der Waals surface area contributed by atoms with Gasteiger partial charge < -0.3 is 0 Å². The first-order chi connectivity index (χ1) is 10.6. The third-order valence-electron chi connectivity index (χ3n) is 4.09. The number of halogens is 2. The average molecular weight is 335 g/mol. The number of aryl methyl sites for hydroxylation is 3. The van der Waals surface area contributed by atoms with Crippen molar-refractivity contribution >= 4 is 34.5 Å². The molecular weight excluding hydrogens is 319 g/mol. The Kier molecular flexibility index (Phi) is 4.11. The van der Waals surface area contributed by atoms with Crippen LogP contribution in [0.15, 0.2) is 23.8 Å². The van der Waals surface area contributed by atoms with Gasteiger partial charge in [0.15, 0.2) is 0 Å².